The smallest absolute Gasteiger partial charge is 0.167 e. The summed E-state index contributed by atoms with van der Waals surface area (Å²) < 4.78 is 11.1. The fourth-order valence-electron chi connectivity index (χ4n) is 1.89. The highest BCUT2D eigenvalue weighted by atomic mass is 16.7. The molecule has 1 aromatic carbocycles. The second kappa shape index (κ2) is 4.31. The Balaban J connectivity index is 2.00. The van der Waals surface area contributed by atoms with E-state index in [1.165, 1.54) is 0 Å². The van der Waals surface area contributed by atoms with Crippen LogP contribution in [0.4, 0.5) is 0 Å². The van der Waals surface area contributed by atoms with E-state index >= 15 is 0 Å². The Hall–Kier alpha value is -0.900. The molecule has 0 bridgehead atoms. The highest BCUT2D eigenvalue weighted by Crippen LogP contribution is 2.28. The monoisotopic (exact) mass is 207 g/mol. The van der Waals surface area contributed by atoms with Crippen LogP contribution in [0.5, 0.6) is 0 Å². The maximum atomic E-state index is 6.10. The van der Waals surface area contributed by atoms with Crippen molar-refractivity contribution in [3.63, 3.8) is 0 Å². The third kappa shape index (κ3) is 2.56. The normalized spacial score (nSPS) is 21.5. The zero-order valence-electron chi connectivity index (χ0n) is 8.98. The molecule has 1 aromatic rings. The van der Waals surface area contributed by atoms with Crippen molar-refractivity contribution in [1.29, 1.82) is 0 Å². The first-order valence-corrected chi connectivity index (χ1v) is 5.28. The summed E-state index contributed by atoms with van der Waals surface area (Å²) in [4.78, 5) is 0. The van der Waals surface area contributed by atoms with Gasteiger partial charge in [0.05, 0.1) is 13.2 Å². The summed E-state index contributed by atoms with van der Waals surface area (Å²) in [6, 6.07) is 10.0. The van der Waals surface area contributed by atoms with Crippen LogP contribution in [-0.4, -0.2) is 19.0 Å². The quantitative estimate of drug-likeness (QED) is 0.822. The summed E-state index contributed by atoms with van der Waals surface area (Å²) in [6.45, 7) is 3.28. The molecule has 0 aliphatic carbocycles. The fraction of sp³-hybridized carbons (Fsp3) is 0.500. The number of hydrogen-bond acceptors (Lipinski definition) is 3. The summed E-state index contributed by atoms with van der Waals surface area (Å²) in [5, 5.41) is 0. The van der Waals surface area contributed by atoms with Crippen LogP contribution in [0.15, 0.2) is 30.3 Å². The lowest BCUT2D eigenvalue weighted by Gasteiger charge is -2.25. The van der Waals surface area contributed by atoms with E-state index < -0.39 is 5.79 Å². The second-order valence-corrected chi connectivity index (χ2v) is 4.05. The summed E-state index contributed by atoms with van der Waals surface area (Å²) >= 11 is 0. The van der Waals surface area contributed by atoms with Crippen molar-refractivity contribution < 1.29 is 9.47 Å². The van der Waals surface area contributed by atoms with E-state index in [1.54, 1.807) is 0 Å². The molecule has 0 amide bonds. The molecule has 1 fully saturated rings. The third-order valence-corrected chi connectivity index (χ3v) is 2.72. The molecular weight excluding hydrogens is 190 g/mol. The van der Waals surface area contributed by atoms with Gasteiger partial charge in [-0.05, 0) is 12.5 Å². The Morgan fingerprint density at radius 2 is 1.87 bits per heavy atom. The minimum Gasteiger partial charge on any atom is -0.348 e. The number of nitrogens with two attached hydrogens (primary N) is 1. The number of hydrogen-bond donors (Lipinski definition) is 1. The molecule has 1 atom stereocenters. The van der Waals surface area contributed by atoms with E-state index in [2.05, 4.69) is 0 Å². The average Bonchev–Trinajstić information content (AvgIpc) is 2.66. The predicted molar refractivity (Wildman–Crippen MR) is 58.3 cm³/mol. The molecule has 0 radical (unpaired) electrons. The summed E-state index contributed by atoms with van der Waals surface area (Å²) in [7, 11) is 0. The van der Waals surface area contributed by atoms with Crippen LogP contribution in [0.3, 0.4) is 0 Å². The van der Waals surface area contributed by atoms with Gasteiger partial charge < -0.3 is 15.2 Å². The summed E-state index contributed by atoms with van der Waals surface area (Å²) in [5.74, 6) is -0.505. The van der Waals surface area contributed by atoms with E-state index in [0.717, 1.165) is 5.56 Å². The third-order valence-electron chi connectivity index (χ3n) is 2.72. The van der Waals surface area contributed by atoms with Gasteiger partial charge in [-0.2, -0.15) is 0 Å². The largest absolute Gasteiger partial charge is 0.348 e. The van der Waals surface area contributed by atoms with Gasteiger partial charge in [-0.25, -0.2) is 0 Å². The van der Waals surface area contributed by atoms with Gasteiger partial charge in [0.25, 0.3) is 0 Å². The van der Waals surface area contributed by atoms with Gasteiger partial charge in [0.1, 0.15) is 0 Å². The van der Waals surface area contributed by atoms with Crippen molar-refractivity contribution in [2.45, 2.75) is 25.2 Å². The van der Waals surface area contributed by atoms with Crippen LogP contribution in [0.1, 0.15) is 24.9 Å². The minimum absolute atomic E-state index is 0.0331. The van der Waals surface area contributed by atoms with E-state index in [-0.39, 0.29) is 6.04 Å². The lowest BCUT2D eigenvalue weighted by Crippen LogP contribution is -2.31. The van der Waals surface area contributed by atoms with Gasteiger partial charge in [-0.15, -0.1) is 0 Å². The molecule has 15 heavy (non-hydrogen) atoms. The van der Waals surface area contributed by atoms with Gasteiger partial charge >= 0.3 is 0 Å². The fourth-order valence-corrected chi connectivity index (χ4v) is 1.89. The lowest BCUT2D eigenvalue weighted by molar-refractivity contribution is -0.150. The second-order valence-electron chi connectivity index (χ2n) is 4.05. The van der Waals surface area contributed by atoms with Crippen LogP contribution >= 0.6 is 0 Å². The van der Waals surface area contributed by atoms with Crippen LogP contribution in [0.25, 0.3) is 0 Å². The summed E-state index contributed by atoms with van der Waals surface area (Å²) in [5.41, 5.74) is 7.22. The standard InChI is InChI=1S/C12H17NO2/c1-12(14-7-8-15-12)9-11(13)10-5-3-2-4-6-10/h2-6,11H,7-9,13H2,1H3/t11-/m0/s1. The van der Waals surface area contributed by atoms with Crippen molar-refractivity contribution >= 4 is 0 Å². The van der Waals surface area contributed by atoms with E-state index in [4.69, 9.17) is 15.2 Å². The molecule has 1 aliphatic heterocycles. The summed E-state index contributed by atoms with van der Waals surface area (Å²) in [6.07, 6.45) is 0.691. The Kier molecular flexibility index (Phi) is 3.05. The molecule has 1 aliphatic rings. The first-order valence-electron chi connectivity index (χ1n) is 5.28. The molecule has 0 spiro atoms. The van der Waals surface area contributed by atoms with Gasteiger partial charge in [0, 0.05) is 12.5 Å². The van der Waals surface area contributed by atoms with Crippen molar-refractivity contribution in [2.75, 3.05) is 13.2 Å². The topological polar surface area (TPSA) is 44.5 Å². The lowest BCUT2D eigenvalue weighted by atomic mass is 10.0. The SMILES string of the molecule is CC1(C[C@H](N)c2ccccc2)OCCO1. The van der Waals surface area contributed by atoms with Gasteiger partial charge in [-0.1, -0.05) is 30.3 Å². The van der Waals surface area contributed by atoms with E-state index in [9.17, 15) is 0 Å². The van der Waals surface area contributed by atoms with Gasteiger partial charge in [-0.3, -0.25) is 0 Å². The number of rotatable bonds is 3. The number of ether oxygens (including phenoxy) is 2. The Bertz CT molecular complexity index is 307. The molecule has 3 heteroatoms. The van der Waals surface area contributed by atoms with E-state index in [0.29, 0.717) is 19.6 Å². The van der Waals surface area contributed by atoms with Crippen LogP contribution in [0.2, 0.25) is 0 Å². The highest BCUT2D eigenvalue weighted by Gasteiger charge is 2.33. The molecule has 0 unspecified atom stereocenters. The molecule has 3 nitrogen and oxygen atoms in total. The van der Waals surface area contributed by atoms with Crippen LogP contribution in [0, 0.1) is 0 Å². The Morgan fingerprint density at radius 3 is 2.47 bits per heavy atom. The van der Waals surface area contributed by atoms with Gasteiger partial charge in [0.2, 0.25) is 0 Å². The molecule has 1 heterocycles. The highest BCUT2D eigenvalue weighted by molar-refractivity contribution is 5.18. The Morgan fingerprint density at radius 1 is 1.27 bits per heavy atom. The van der Waals surface area contributed by atoms with Gasteiger partial charge in [0.15, 0.2) is 5.79 Å². The molecule has 2 rings (SSSR count). The molecule has 0 saturated carbocycles. The molecular formula is C12H17NO2. The maximum absolute atomic E-state index is 6.10. The predicted octanol–water partition coefficient (Wildman–Crippen LogP) is 1.84. The zero-order valence-corrected chi connectivity index (χ0v) is 8.98. The molecule has 1 saturated heterocycles. The molecule has 2 N–H and O–H groups in total. The van der Waals surface area contributed by atoms with E-state index in [1.807, 2.05) is 37.3 Å². The van der Waals surface area contributed by atoms with Crippen molar-refractivity contribution in [2.24, 2.45) is 5.73 Å². The van der Waals surface area contributed by atoms with Crippen molar-refractivity contribution in [3.05, 3.63) is 35.9 Å². The first kappa shape index (κ1) is 10.6. The molecule has 0 aromatic heterocycles. The van der Waals surface area contributed by atoms with Crippen molar-refractivity contribution in [3.8, 4) is 0 Å². The molecule has 82 valence electrons. The Labute approximate surface area is 90.2 Å². The first-order chi connectivity index (χ1) is 7.20. The van der Waals surface area contributed by atoms with Crippen LogP contribution in [-0.2, 0) is 9.47 Å². The number of benzene rings is 1. The van der Waals surface area contributed by atoms with Crippen LogP contribution < -0.4 is 5.73 Å². The maximum Gasteiger partial charge on any atom is 0.167 e. The minimum atomic E-state index is -0.505. The average molecular weight is 207 g/mol. The zero-order chi connectivity index (χ0) is 10.7. The van der Waals surface area contributed by atoms with Crippen molar-refractivity contribution in [1.82, 2.24) is 0 Å².